The van der Waals surface area contributed by atoms with Crippen LogP contribution < -0.4 is 12.4 Å². The lowest BCUT2D eigenvalue weighted by Crippen LogP contribution is -3.00. The first-order chi connectivity index (χ1) is 3.71. The summed E-state index contributed by atoms with van der Waals surface area (Å²) in [5.41, 5.74) is -0.543. The highest BCUT2D eigenvalue weighted by atomic mass is 35.5. The first-order valence-corrected chi connectivity index (χ1v) is 3.24. The molecule has 64 valence electrons. The van der Waals surface area contributed by atoms with E-state index < -0.39 is 5.60 Å². The minimum atomic E-state index is -0.543. The zero-order valence-corrected chi connectivity index (χ0v) is 8.24. The van der Waals surface area contributed by atoms with E-state index in [1.807, 2.05) is 13.8 Å². The van der Waals surface area contributed by atoms with Crippen molar-refractivity contribution in [3.63, 3.8) is 0 Å². The molecule has 0 amide bonds. The van der Waals surface area contributed by atoms with E-state index in [2.05, 4.69) is 21.1 Å². The van der Waals surface area contributed by atoms with Crippen LogP contribution in [-0.4, -0.2) is 42.9 Å². The van der Waals surface area contributed by atoms with E-state index >= 15 is 0 Å². The zero-order chi connectivity index (χ0) is 7.71. The van der Waals surface area contributed by atoms with Crippen LogP contribution in [0.4, 0.5) is 0 Å². The molecule has 0 radical (unpaired) electrons. The molecule has 0 bridgehead atoms. The van der Waals surface area contributed by atoms with Gasteiger partial charge < -0.3 is 22.0 Å². The predicted molar refractivity (Wildman–Crippen MR) is 39.2 cm³/mol. The molecular formula is C7H18ClNO. The summed E-state index contributed by atoms with van der Waals surface area (Å²) >= 11 is 0. The second-order valence-electron chi connectivity index (χ2n) is 4.26. The Labute approximate surface area is 69.8 Å². The molecule has 0 unspecified atom stereocenters. The third-order valence-electron chi connectivity index (χ3n) is 0.861. The molecule has 0 rings (SSSR count). The largest absolute Gasteiger partial charge is 1.00 e. The lowest BCUT2D eigenvalue weighted by Gasteiger charge is -2.30. The van der Waals surface area contributed by atoms with Crippen LogP contribution in [0.5, 0.6) is 0 Å². The van der Waals surface area contributed by atoms with Gasteiger partial charge in [0.15, 0.2) is 0 Å². The lowest BCUT2D eigenvalue weighted by atomic mass is 10.1. The molecule has 0 atom stereocenters. The van der Waals surface area contributed by atoms with Gasteiger partial charge in [-0.05, 0) is 13.8 Å². The minimum absolute atomic E-state index is 0. The van der Waals surface area contributed by atoms with Crippen LogP contribution in [0.2, 0.25) is 0 Å². The number of likely N-dealkylation sites (N-methyl/N-ethyl adjacent to an activating group) is 1. The summed E-state index contributed by atoms with van der Waals surface area (Å²) in [4.78, 5) is 0. The fourth-order valence-electron chi connectivity index (χ4n) is 1.16. The molecule has 0 aliphatic carbocycles. The molecular weight excluding hydrogens is 150 g/mol. The number of aliphatic hydroxyl groups is 1. The Morgan fingerprint density at radius 3 is 1.50 bits per heavy atom. The highest BCUT2D eigenvalue weighted by molar-refractivity contribution is 4.62. The average Bonchev–Trinajstić information content (AvgIpc) is 1.14. The van der Waals surface area contributed by atoms with Gasteiger partial charge in [0.2, 0.25) is 0 Å². The van der Waals surface area contributed by atoms with Crippen LogP contribution in [0.1, 0.15) is 13.8 Å². The second kappa shape index (κ2) is 3.56. The van der Waals surface area contributed by atoms with Crippen molar-refractivity contribution in [1.29, 1.82) is 0 Å². The maximum Gasteiger partial charge on any atom is 0.108 e. The van der Waals surface area contributed by atoms with Crippen LogP contribution >= 0.6 is 0 Å². The first-order valence-electron chi connectivity index (χ1n) is 3.24. The average molecular weight is 168 g/mol. The number of quaternary nitrogens is 1. The number of halogens is 1. The lowest BCUT2D eigenvalue weighted by molar-refractivity contribution is -0.876. The summed E-state index contributed by atoms with van der Waals surface area (Å²) in [6.07, 6.45) is 0. The maximum absolute atomic E-state index is 9.34. The molecule has 3 heteroatoms. The SMILES string of the molecule is CC(C)(O)C[N+](C)(C)C.[Cl-]. The van der Waals surface area contributed by atoms with Gasteiger partial charge in [-0.2, -0.15) is 0 Å². The van der Waals surface area contributed by atoms with E-state index in [4.69, 9.17) is 0 Å². The number of hydrogen-bond acceptors (Lipinski definition) is 1. The van der Waals surface area contributed by atoms with Crippen LogP contribution in [-0.2, 0) is 0 Å². The highest BCUT2D eigenvalue weighted by Gasteiger charge is 2.21. The van der Waals surface area contributed by atoms with E-state index in [-0.39, 0.29) is 12.4 Å². The summed E-state index contributed by atoms with van der Waals surface area (Å²) < 4.78 is 0.809. The van der Waals surface area contributed by atoms with Crippen molar-refractivity contribution in [2.24, 2.45) is 0 Å². The van der Waals surface area contributed by atoms with Crippen molar-refractivity contribution in [2.45, 2.75) is 19.4 Å². The molecule has 0 aliphatic rings. The second-order valence-corrected chi connectivity index (χ2v) is 4.26. The van der Waals surface area contributed by atoms with Crippen LogP contribution in [0.25, 0.3) is 0 Å². The third-order valence-corrected chi connectivity index (χ3v) is 0.861. The van der Waals surface area contributed by atoms with Gasteiger partial charge in [0.05, 0.1) is 21.1 Å². The Bertz CT molecular complexity index is 78.8. The Balaban J connectivity index is 0. The van der Waals surface area contributed by atoms with E-state index in [0.29, 0.717) is 0 Å². The Morgan fingerprint density at radius 1 is 1.20 bits per heavy atom. The van der Waals surface area contributed by atoms with Gasteiger partial charge in [0.25, 0.3) is 0 Å². The molecule has 0 aromatic heterocycles. The Kier molecular flexibility index (Phi) is 4.57. The summed E-state index contributed by atoms with van der Waals surface area (Å²) in [6.45, 7) is 4.44. The van der Waals surface area contributed by atoms with Crippen LogP contribution in [0, 0.1) is 0 Å². The summed E-state index contributed by atoms with van der Waals surface area (Å²) in [6, 6.07) is 0. The molecule has 0 aromatic carbocycles. The van der Waals surface area contributed by atoms with Crippen molar-refractivity contribution in [3.8, 4) is 0 Å². The molecule has 2 nitrogen and oxygen atoms in total. The van der Waals surface area contributed by atoms with Crippen molar-refractivity contribution < 1.29 is 22.0 Å². The van der Waals surface area contributed by atoms with Gasteiger partial charge in [-0.25, -0.2) is 0 Å². The molecule has 10 heavy (non-hydrogen) atoms. The fraction of sp³-hybridized carbons (Fsp3) is 1.00. The summed E-state index contributed by atoms with van der Waals surface area (Å²) in [7, 11) is 6.20. The van der Waals surface area contributed by atoms with Crippen LogP contribution in [0.15, 0.2) is 0 Å². The van der Waals surface area contributed by atoms with Crippen molar-refractivity contribution in [1.82, 2.24) is 0 Å². The maximum atomic E-state index is 9.34. The van der Waals surface area contributed by atoms with Gasteiger partial charge in [0.1, 0.15) is 12.1 Å². The molecule has 0 heterocycles. The van der Waals surface area contributed by atoms with E-state index in [1.54, 1.807) is 0 Å². The Morgan fingerprint density at radius 2 is 1.50 bits per heavy atom. The minimum Gasteiger partial charge on any atom is -1.00 e. The van der Waals surface area contributed by atoms with Gasteiger partial charge in [-0.3, -0.25) is 0 Å². The monoisotopic (exact) mass is 167 g/mol. The molecule has 1 N–H and O–H groups in total. The first kappa shape index (κ1) is 12.8. The smallest absolute Gasteiger partial charge is 0.108 e. The summed E-state index contributed by atoms with van der Waals surface area (Å²) in [5, 5.41) is 9.34. The molecule has 0 spiro atoms. The third kappa shape index (κ3) is 11.1. The number of hydrogen-bond donors (Lipinski definition) is 1. The van der Waals surface area contributed by atoms with E-state index in [0.717, 1.165) is 11.0 Å². The van der Waals surface area contributed by atoms with Crippen molar-refractivity contribution in [3.05, 3.63) is 0 Å². The standard InChI is InChI=1S/C7H18NO.ClH/c1-7(2,9)6-8(3,4)5;/h9H,6H2,1-5H3;1H/q+1;/p-1. The molecule has 0 fully saturated rings. The Hall–Kier alpha value is 0.210. The van der Waals surface area contributed by atoms with Gasteiger partial charge >= 0.3 is 0 Å². The number of rotatable bonds is 2. The molecule has 0 aliphatic heterocycles. The van der Waals surface area contributed by atoms with E-state index in [9.17, 15) is 5.11 Å². The van der Waals surface area contributed by atoms with Crippen molar-refractivity contribution in [2.75, 3.05) is 27.7 Å². The van der Waals surface area contributed by atoms with Crippen LogP contribution in [0.3, 0.4) is 0 Å². The van der Waals surface area contributed by atoms with Gasteiger partial charge in [-0.1, -0.05) is 0 Å². The fourth-order valence-corrected chi connectivity index (χ4v) is 1.16. The summed E-state index contributed by atoms with van der Waals surface area (Å²) in [5.74, 6) is 0. The predicted octanol–water partition coefficient (Wildman–Crippen LogP) is -2.53. The number of nitrogens with zero attached hydrogens (tertiary/aromatic N) is 1. The van der Waals surface area contributed by atoms with E-state index in [1.165, 1.54) is 0 Å². The van der Waals surface area contributed by atoms with Gasteiger partial charge in [-0.15, -0.1) is 0 Å². The highest BCUT2D eigenvalue weighted by Crippen LogP contribution is 2.05. The van der Waals surface area contributed by atoms with Gasteiger partial charge in [0, 0.05) is 0 Å². The quantitative estimate of drug-likeness (QED) is 0.450. The molecule has 0 aromatic rings. The topological polar surface area (TPSA) is 20.2 Å². The zero-order valence-electron chi connectivity index (χ0n) is 7.48. The molecule has 0 saturated carbocycles. The molecule has 0 saturated heterocycles. The normalized spacial score (nSPS) is 12.6. The van der Waals surface area contributed by atoms with Crippen molar-refractivity contribution >= 4 is 0 Å².